The molecule has 0 unspecified atom stereocenters. The van der Waals surface area contributed by atoms with E-state index in [0.29, 0.717) is 42.8 Å². The number of hydrogen-bond donors (Lipinski definition) is 1. The van der Waals surface area contributed by atoms with Crippen molar-refractivity contribution in [3.05, 3.63) is 77.1 Å². The number of fused-ring (bicyclic) bond motifs is 1. The van der Waals surface area contributed by atoms with E-state index in [-0.39, 0.29) is 12.0 Å². The normalized spacial score (nSPS) is 14.8. The third kappa shape index (κ3) is 6.25. The number of benzene rings is 2. The number of carbonyl (C=O) groups is 1. The van der Waals surface area contributed by atoms with E-state index >= 15 is 0 Å². The summed E-state index contributed by atoms with van der Waals surface area (Å²) in [4.78, 5) is 17.6. The minimum Gasteiger partial charge on any atom is -0.380 e. The van der Waals surface area contributed by atoms with Crippen LogP contribution < -0.4 is 10.2 Å². The highest BCUT2D eigenvalue weighted by molar-refractivity contribution is 6.04. The third-order valence-electron chi connectivity index (χ3n) is 6.13. The molecule has 0 saturated carbocycles. The van der Waals surface area contributed by atoms with Gasteiger partial charge in [-0.1, -0.05) is 18.2 Å². The Labute approximate surface area is 211 Å². The van der Waals surface area contributed by atoms with Gasteiger partial charge in [0.25, 0.3) is 11.8 Å². The van der Waals surface area contributed by atoms with Gasteiger partial charge in [-0.05, 0) is 66.4 Å². The number of aromatic nitrogens is 1. The Morgan fingerprint density at radius 2 is 1.92 bits per heavy atom. The van der Waals surface area contributed by atoms with Crippen molar-refractivity contribution in [2.75, 3.05) is 36.5 Å². The van der Waals surface area contributed by atoms with E-state index in [1.165, 1.54) is 6.07 Å². The zero-order valence-corrected chi connectivity index (χ0v) is 20.3. The molecule has 1 aliphatic heterocycles. The third-order valence-corrected chi connectivity index (χ3v) is 6.13. The number of ether oxygens (including phenoxy) is 1. The minimum absolute atomic E-state index is 0.177. The largest absolute Gasteiger partial charge is 0.433 e. The fraction of sp³-hybridized carbons (Fsp3) is 0.333. The average molecular weight is 520 g/mol. The smallest absolute Gasteiger partial charge is 0.380 e. The summed E-state index contributed by atoms with van der Waals surface area (Å²) in [5.74, 6) is -3.56. The molecule has 1 aromatic heterocycles. The maximum absolute atomic E-state index is 14.3. The van der Waals surface area contributed by atoms with Crippen molar-refractivity contribution in [2.45, 2.75) is 32.4 Å². The molecule has 37 heavy (non-hydrogen) atoms. The summed E-state index contributed by atoms with van der Waals surface area (Å²) in [5.41, 5.74) is 2.69. The molecular formula is C27H26F5N3O2. The lowest BCUT2D eigenvalue weighted by Crippen LogP contribution is -2.44. The molecule has 4 rings (SSSR count). The molecule has 2 aromatic carbocycles. The quantitative estimate of drug-likeness (QED) is 0.292. The molecule has 196 valence electrons. The topological polar surface area (TPSA) is 54.5 Å². The highest BCUT2D eigenvalue weighted by Gasteiger charge is 2.38. The Bertz CT molecular complexity index is 1290. The second-order valence-electron chi connectivity index (χ2n) is 8.91. The van der Waals surface area contributed by atoms with Crippen molar-refractivity contribution < 1.29 is 31.5 Å². The Kier molecular flexibility index (Phi) is 7.49. The van der Waals surface area contributed by atoms with E-state index in [1.807, 2.05) is 19.9 Å². The number of aryl methyl sites for hydroxylation is 1. The van der Waals surface area contributed by atoms with Crippen molar-refractivity contribution >= 4 is 17.3 Å². The zero-order valence-electron chi connectivity index (χ0n) is 20.3. The Morgan fingerprint density at radius 1 is 1.14 bits per heavy atom. The van der Waals surface area contributed by atoms with Crippen LogP contribution in [0.4, 0.5) is 33.3 Å². The zero-order chi connectivity index (χ0) is 26.8. The van der Waals surface area contributed by atoms with Crippen LogP contribution in [0.1, 0.15) is 34.1 Å². The van der Waals surface area contributed by atoms with Gasteiger partial charge in [-0.15, -0.1) is 0 Å². The van der Waals surface area contributed by atoms with Crippen LogP contribution in [-0.4, -0.2) is 43.1 Å². The number of anilines is 2. The van der Waals surface area contributed by atoms with Crippen molar-refractivity contribution in [2.24, 2.45) is 0 Å². The summed E-state index contributed by atoms with van der Waals surface area (Å²) in [7, 11) is 0. The van der Waals surface area contributed by atoms with Gasteiger partial charge in [-0.3, -0.25) is 9.78 Å². The van der Waals surface area contributed by atoms with E-state index in [9.17, 15) is 26.7 Å². The van der Waals surface area contributed by atoms with Gasteiger partial charge >= 0.3 is 6.18 Å². The Hall–Kier alpha value is -3.53. The Morgan fingerprint density at radius 3 is 2.65 bits per heavy atom. The van der Waals surface area contributed by atoms with Gasteiger partial charge in [-0.2, -0.15) is 13.2 Å². The fourth-order valence-electron chi connectivity index (χ4n) is 4.33. The molecule has 5 nitrogen and oxygen atoms in total. The monoisotopic (exact) mass is 519 g/mol. The first-order chi connectivity index (χ1) is 17.5. The lowest BCUT2D eigenvalue weighted by atomic mass is 9.93. The van der Waals surface area contributed by atoms with Crippen LogP contribution in [0.15, 0.2) is 54.7 Å². The number of nitrogens with zero attached hydrogens (tertiary/aromatic N) is 2. The molecule has 0 bridgehead atoms. The van der Waals surface area contributed by atoms with Crippen LogP contribution in [0, 0.1) is 6.92 Å². The van der Waals surface area contributed by atoms with Gasteiger partial charge in [0.1, 0.15) is 5.69 Å². The first kappa shape index (κ1) is 26.5. The van der Waals surface area contributed by atoms with Crippen LogP contribution in [0.3, 0.4) is 0 Å². The summed E-state index contributed by atoms with van der Waals surface area (Å²) < 4.78 is 73.0. The number of pyridine rings is 1. The summed E-state index contributed by atoms with van der Waals surface area (Å²) in [6.07, 6.45) is -4.08. The molecule has 1 amide bonds. The molecule has 0 fully saturated rings. The SMILES string of the molecule is CCOCCN1CC(F)(F)Cc2ccc(-c3cc(NC(=O)c4ccnc(C(F)(F)F)c4)ccc3C)cc21. The highest BCUT2D eigenvalue weighted by atomic mass is 19.4. The number of alkyl halides is 5. The molecule has 2 heterocycles. The van der Waals surface area contributed by atoms with Gasteiger partial charge in [0, 0.05) is 42.7 Å². The second-order valence-corrected chi connectivity index (χ2v) is 8.91. The van der Waals surface area contributed by atoms with Crippen LogP contribution in [-0.2, 0) is 17.3 Å². The van der Waals surface area contributed by atoms with Gasteiger partial charge in [0.05, 0.1) is 13.2 Å². The first-order valence-electron chi connectivity index (χ1n) is 11.8. The van der Waals surface area contributed by atoms with E-state index in [1.54, 1.807) is 35.2 Å². The molecule has 0 saturated heterocycles. The standard InChI is InChI=1S/C27H26F5N3O2/c1-3-37-11-10-35-16-26(28,29)15-20-6-5-18(12-23(20)35)22-14-21(7-4-17(22)2)34-25(36)19-8-9-33-24(13-19)27(30,31)32/h4-9,12-14H,3,10-11,15-16H2,1-2H3,(H,34,36). The molecule has 0 spiro atoms. The summed E-state index contributed by atoms with van der Waals surface area (Å²) in [6.45, 7) is 4.45. The van der Waals surface area contributed by atoms with E-state index in [2.05, 4.69) is 10.3 Å². The van der Waals surface area contributed by atoms with Crippen LogP contribution in [0.5, 0.6) is 0 Å². The molecule has 1 N–H and O–H groups in total. The summed E-state index contributed by atoms with van der Waals surface area (Å²) in [5, 5.41) is 2.63. The van der Waals surface area contributed by atoms with Crippen LogP contribution in [0.25, 0.3) is 11.1 Å². The predicted molar refractivity (Wildman–Crippen MR) is 131 cm³/mol. The number of hydrogen-bond acceptors (Lipinski definition) is 4. The molecule has 0 aliphatic carbocycles. The van der Waals surface area contributed by atoms with Crippen molar-refractivity contribution in [3.63, 3.8) is 0 Å². The highest BCUT2D eigenvalue weighted by Crippen LogP contribution is 2.38. The maximum Gasteiger partial charge on any atom is 0.433 e. The molecule has 1 aliphatic rings. The number of amides is 1. The predicted octanol–water partition coefficient (Wildman–Crippen LogP) is 6.36. The first-order valence-corrected chi connectivity index (χ1v) is 11.8. The molecule has 0 atom stereocenters. The number of carbonyl (C=O) groups excluding carboxylic acids is 1. The summed E-state index contributed by atoms with van der Waals surface area (Å²) in [6, 6.07) is 12.3. The maximum atomic E-state index is 14.3. The van der Waals surface area contributed by atoms with E-state index in [0.717, 1.165) is 22.9 Å². The van der Waals surface area contributed by atoms with Crippen molar-refractivity contribution in [1.82, 2.24) is 4.98 Å². The molecule has 0 radical (unpaired) electrons. The average Bonchev–Trinajstić information content (AvgIpc) is 2.84. The van der Waals surface area contributed by atoms with Crippen molar-refractivity contribution in [1.29, 1.82) is 0 Å². The molecule has 10 heteroatoms. The number of halogens is 5. The molecular weight excluding hydrogens is 493 g/mol. The van der Waals surface area contributed by atoms with Gasteiger partial charge < -0.3 is 15.0 Å². The fourth-order valence-corrected chi connectivity index (χ4v) is 4.33. The van der Waals surface area contributed by atoms with Gasteiger partial charge in [0.2, 0.25) is 0 Å². The molecule has 3 aromatic rings. The van der Waals surface area contributed by atoms with E-state index in [4.69, 9.17) is 4.74 Å². The lowest BCUT2D eigenvalue weighted by Gasteiger charge is -2.36. The number of rotatable bonds is 7. The van der Waals surface area contributed by atoms with E-state index < -0.39 is 30.2 Å². The summed E-state index contributed by atoms with van der Waals surface area (Å²) >= 11 is 0. The Balaban J connectivity index is 1.61. The van der Waals surface area contributed by atoms with Crippen LogP contribution >= 0.6 is 0 Å². The lowest BCUT2D eigenvalue weighted by molar-refractivity contribution is -0.141. The minimum atomic E-state index is -4.67. The van der Waals surface area contributed by atoms with Crippen LogP contribution in [0.2, 0.25) is 0 Å². The van der Waals surface area contributed by atoms with Gasteiger partial charge in [0.15, 0.2) is 0 Å². The second kappa shape index (κ2) is 10.5. The van der Waals surface area contributed by atoms with Crippen molar-refractivity contribution in [3.8, 4) is 11.1 Å². The van der Waals surface area contributed by atoms with Gasteiger partial charge in [-0.25, -0.2) is 8.78 Å². The number of nitrogens with one attached hydrogen (secondary N) is 1.